The lowest BCUT2D eigenvalue weighted by Crippen LogP contribution is -2.31. The van der Waals surface area contributed by atoms with Gasteiger partial charge in [-0.15, -0.1) is 6.42 Å². The first kappa shape index (κ1) is 15.7. The lowest BCUT2D eigenvalue weighted by atomic mass is 10.2. The number of hydrogen-bond acceptors (Lipinski definition) is 3. The number of nitrogens with one attached hydrogen (secondary N) is 1. The maximum atomic E-state index is 12.3. The maximum Gasteiger partial charge on any atom is 0.243 e. The van der Waals surface area contributed by atoms with E-state index in [4.69, 9.17) is 6.42 Å². The van der Waals surface area contributed by atoms with Crippen LogP contribution in [0, 0.1) is 12.3 Å². The van der Waals surface area contributed by atoms with Crippen molar-refractivity contribution >= 4 is 10.0 Å². The molecule has 19 heavy (non-hydrogen) atoms. The van der Waals surface area contributed by atoms with Gasteiger partial charge in [0.2, 0.25) is 10.0 Å². The van der Waals surface area contributed by atoms with E-state index in [0.29, 0.717) is 6.54 Å². The molecule has 0 unspecified atom stereocenters. The Kier molecular flexibility index (Phi) is 6.03. The van der Waals surface area contributed by atoms with Crippen LogP contribution in [0.1, 0.15) is 19.4 Å². The van der Waals surface area contributed by atoms with Crippen molar-refractivity contribution in [1.29, 1.82) is 0 Å². The van der Waals surface area contributed by atoms with Crippen molar-refractivity contribution in [3.05, 3.63) is 29.8 Å². The third kappa shape index (κ3) is 4.06. The summed E-state index contributed by atoms with van der Waals surface area (Å²) >= 11 is 0. The molecule has 1 aromatic carbocycles. The molecule has 1 rings (SSSR count). The summed E-state index contributed by atoms with van der Waals surface area (Å²) in [5.74, 6) is 2.37. The highest BCUT2D eigenvalue weighted by Crippen LogP contribution is 2.16. The van der Waals surface area contributed by atoms with Crippen LogP contribution in [0.4, 0.5) is 0 Å². The van der Waals surface area contributed by atoms with Crippen LogP contribution in [-0.4, -0.2) is 32.4 Å². The second-order valence-electron chi connectivity index (χ2n) is 4.06. The second kappa shape index (κ2) is 7.29. The minimum atomic E-state index is -3.48. The average molecular weight is 280 g/mol. The molecule has 5 heteroatoms. The summed E-state index contributed by atoms with van der Waals surface area (Å²) in [4.78, 5) is 0.282. The lowest BCUT2D eigenvalue weighted by molar-refractivity contribution is 0.464. The Balaban J connectivity index is 2.93. The summed E-state index contributed by atoms with van der Waals surface area (Å²) in [6.45, 7) is 5.88. The highest BCUT2D eigenvalue weighted by Gasteiger charge is 2.21. The molecular weight excluding hydrogens is 260 g/mol. The van der Waals surface area contributed by atoms with Crippen molar-refractivity contribution in [2.45, 2.75) is 25.3 Å². The Labute approximate surface area is 115 Å². The molecule has 0 fully saturated rings. The van der Waals surface area contributed by atoms with Crippen molar-refractivity contribution < 1.29 is 8.42 Å². The van der Waals surface area contributed by atoms with Gasteiger partial charge in [0.15, 0.2) is 0 Å². The first-order valence-electron chi connectivity index (χ1n) is 6.29. The van der Waals surface area contributed by atoms with Crippen molar-refractivity contribution in [2.75, 3.05) is 19.6 Å². The third-order valence-electron chi connectivity index (χ3n) is 2.76. The topological polar surface area (TPSA) is 49.4 Å². The van der Waals surface area contributed by atoms with Crippen LogP contribution in [-0.2, 0) is 16.6 Å². The molecule has 0 aromatic heterocycles. The van der Waals surface area contributed by atoms with Crippen molar-refractivity contribution in [2.24, 2.45) is 0 Å². The molecule has 1 N–H and O–H groups in total. The molecule has 104 valence electrons. The van der Waals surface area contributed by atoms with Gasteiger partial charge in [-0.2, -0.15) is 4.31 Å². The lowest BCUT2D eigenvalue weighted by Gasteiger charge is -2.18. The van der Waals surface area contributed by atoms with Crippen LogP contribution < -0.4 is 5.32 Å². The Hall–Kier alpha value is -1.35. The Bertz CT molecular complexity index is 530. The van der Waals surface area contributed by atoms with E-state index in [1.54, 1.807) is 19.1 Å². The van der Waals surface area contributed by atoms with Gasteiger partial charge in [0, 0.05) is 13.1 Å². The summed E-state index contributed by atoms with van der Waals surface area (Å²) < 4.78 is 25.9. The van der Waals surface area contributed by atoms with Crippen LogP contribution in [0.2, 0.25) is 0 Å². The van der Waals surface area contributed by atoms with Gasteiger partial charge in [0.1, 0.15) is 0 Å². The van der Waals surface area contributed by atoms with Gasteiger partial charge in [0.25, 0.3) is 0 Å². The van der Waals surface area contributed by atoms with E-state index in [2.05, 4.69) is 11.2 Å². The van der Waals surface area contributed by atoms with E-state index >= 15 is 0 Å². The summed E-state index contributed by atoms with van der Waals surface area (Å²) in [6.07, 6.45) is 5.19. The molecule has 0 saturated heterocycles. The molecular formula is C14H20N2O2S. The fraction of sp³-hybridized carbons (Fsp3) is 0.429. The molecule has 0 spiro atoms. The number of rotatable bonds is 7. The first-order valence-corrected chi connectivity index (χ1v) is 7.73. The SMILES string of the molecule is C#CCN(CC)S(=O)(=O)c1ccc(CNCC)cc1. The Morgan fingerprint density at radius 2 is 1.89 bits per heavy atom. The van der Waals surface area contributed by atoms with Crippen molar-refractivity contribution in [3.63, 3.8) is 0 Å². The van der Waals surface area contributed by atoms with Crippen LogP contribution in [0.15, 0.2) is 29.2 Å². The summed E-state index contributed by atoms with van der Waals surface area (Å²) in [7, 11) is -3.48. The highest BCUT2D eigenvalue weighted by atomic mass is 32.2. The van der Waals surface area contributed by atoms with Crippen LogP contribution >= 0.6 is 0 Å². The van der Waals surface area contributed by atoms with Gasteiger partial charge < -0.3 is 5.32 Å². The number of hydrogen-bond donors (Lipinski definition) is 1. The monoisotopic (exact) mass is 280 g/mol. The number of nitrogens with zero attached hydrogens (tertiary/aromatic N) is 1. The van der Waals surface area contributed by atoms with Gasteiger partial charge in [-0.25, -0.2) is 8.42 Å². The summed E-state index contributed by atoms with van der Waals surface area (Å²) in [6, 6.07) is 6.89. The Morgan fingerprint density at radius 3 is 2.37 bits per heavy atom. The minimum absolute atomic E-state index is 0.0952. The number of terminal acetylenes is 1. The molecule has 0 heterocycles. The van der Waals surface area contributed by atoms with Crippen LogP contribution in [0.3, 0.4) is 0 Å². The molecule has 1 aromatic rings. The molecule has 0 amide bonds. The van der Waals surface area contributed by atoms with Gasteiger partial charge in [-0.05, 0) is 24.2 Å². The van der Waals surface area contributed by atoms with E-state index in [9.17, 15) is 8.42 Å². The molecule has 0 bridgehead atoms. The first-order chi connectivity index (χ1) is 9.06. The zero-order valence-corrected chi connectivity index (χ0v) is 12.2. The molecule has 4 nitrogen and oxygen atoms in total. The quantitative estimate of drug-likeness (QED) is 0.769. The van der Waals surface area contributed by atoms with Crippen molar-refractivity contribution in [1.82, 2.24) is 9.62 Å². The summed E-state index contributed by atoms with van der Waals surface area (Å²) in [5, 5.41) is 3.19. The maximum absolute atomic E-state index is 12.3. The average Bonchev–Trinajstić information content (AvgIpc) is 2.42. The number of sulfonamides is 1. The van der Waals surface area contributed by atoms with E-state index in [0.717, 1.165) is 18.7 Å². The fourth-order valence-electron chi connectivity index (χ4n) is 1.67. The number of benzene rings is 1. The van der Waals surface area contributed by atoms with E-state index < -0.39 is 10.0 Å². The standard InChI is InChI=1S/C14H20N2O2S/c1-4-11-16(6-3)19(17,18)14-9-7-13(8-10-14)12-15-5-2/h1,7-10,15H,5-6,11-12H2,2-3H3. The molecule has 0 aliphatic heterocycles. The summed E-state index contributed by atoms with van der Waals surface area (Å²) in [5.41, 5.74) is 1.06. The molecule has 0 aliphatic rings. The van der Waals surface area contributed by atoms with Crippen LogP contribution in [0.25, 0.3) is 0 Å². The largest absolute Gasteiger partial charge is 0.313 e. The van der Waals surface area contributed by atoms with Crippen molar-refractivity contribution in [3.8, 4) is 12.3 Å². The van der Waals surface area contributed by atoms with Gasteiger partial charge in [-0.3, -0.25) is 0 Å². The Morgan fingerprint density at radius 1 is 1.26 bits per heavy atom. The van der Waals surface area contributed by atoms with Gasteiger partial charge >= 0.3 is 0 Å². The van der Waals surface area contributed by atoms with Crippen LogP contribution in [0.5, 0.6) is 0 Å². The molecule has 0 atom stereocenters. The molecule has 0 saturated carbocycles. The predicted octanol–water partition coefficient (Wildman–Crippen LogP) is 1.44. The van der Waals surface area contributed by atoms with E-state index in [-0.39, 0.29) is 11.4 Å². The molecule has 0 aliphatic carbocycles. The smallest absolute Gasteiger partial charge is 0.243 e. The minimum Gasteiger partial charge on any atom is -0.313 e. The van der Waals surface area contributed by atoms with E-state index in [1.807, 2.05) is 19.1 Å². The highest BCUT2D eigenvalue weighted by molar-refractivity contribution is 7.89. The normalized spacial score (nSPS) is 11.5. The fourth-order valence-corrected chi connectivity index (χ4v) is 3.03. The molecule has 0 radical (unpaired) electrons. The predicted molar refractivity (Wildman–Crippen MR) is 77.1 cm³/mol. The zero-order valence-electron chi connectivity index (χ0n) is 11.4. The van der Waals surface area contributed by atoms with E-state index in [1.165, 1.54) is 4.31 Å². The zero-order chi connectivity index (χ0) is 14.3. The second-order valence-corrected chi connectivity index (χ2v) is 6.00. The van der Waals surface area contributed by atoms with Gasteiger partial charge in [0.05, 0.1) is 11.4 Å². The third-order valence-corrected chi connectivity index (χ3v) is 4.70. The van der Waals surface area contributed by atoms with Gasteiger partial charge in [-0.1, -0.05) is 31.9 Å².